The zero-order valence-corrected chi connectivity index (χ0v) is 13.0. The smallest absolute Gasteiger partial charge is 0.225 e. The van der Waals surface area contributed by atoms with E-state index in [2.05, 4.69) is 25.5 Å². The zero-order valence-electron chi connectivity index (χ0n) is 13.0. The fourth-order valence-corrected chi connectivity index (χ4v) is 2.29. The number of halogens is 1. The number of rotatable bonds is 5. The summed E-state index contributed by atoms with van der Waals surface area (Å²) >= 11 is 0. The quantitative estimate of drug-likeness (QED) is 0.754. The molecule has 0 fully saturated rings. The van der Waals surface area contributed by atoms with Gasteiger partial charge < -0.3 is 5.32 Å². The molecule has 0 saturated heterocycles. The molecule has 0 spiro atoms. The normalized spacial score (nSPS) is 11.9. The van der Waals surface area contributed by atoms with Gasteiger partial charge in [0.1, 0.15) is 11.6 Å². The number of benzene rings is 1. The summed E-state index contributed by atoms with van der Waals surface area (Å²) in [6.07, 6.45) is 3.43. The van der Waals surface area contributed by atoms with Crippen molar-refractivity contribution in [2.75, 3.05) is 0 Å². The molecule has 2 N–H and O–H groups in total. The van der Waals surface area contributed by atoms with E-state index in [-0.39, 0.29) is 24.2 Å². The Morgan fingerprint density at radius 2 is 2.08 bits per heavy atom. The summed E-state index contributed by atoms with van der Waals surface area (Å²) in [5, 5.41) is 9.79. The number of pyridine rings is 1. The molecule has 0 bridgehead atoms. The Morgan fingerprint density at radius 3 is 2.83 bits per heavy atom. The van der Waals surface area contributed by atoms with E-state index in [1.165, 1.54) is 12.1 Å². The molecule has 1 atom stereocenters. The molecule has 0 aliphatic heterocycles. The van der Waals surface area contributed by atoms with E-state index in [0.29, 0.717) is 17.2 Å². The molecule has 3 rings (SSSR count). The van der Waals surface area contributed by atoms with Crippen molar-refractivity contribution in [2.45, 2.75) is 19.4 Å². The average Bonchev–Trinajstić information content (AvgIpc) is 3.05. The van der Waals surface area contributed by atoms with Crippen LogP contribution in [0.5, 0.6) is 0 Å². The number of nitrogens with one attached hydrogen (secondary N) is 2. The number of carbonyl (C=O) groups is 1. The molecule has 1 amide bonds. The Kier molecular flexibility index (Phi) is 4.60. The SMILES string of the molecule is C[C@H](NC(=O)Cc1cccc(F)c1)c1nc(-c2ccncc2)n[nH]1. The van der Waals surface area contributed by atoms with Gasteiger partial charge in [0.05, 0.1) is 12.5 Å². The van der Waals surface area contributed by atoms with Crippen molar-refractivity contribution >= 4 is 5.91 Å². The minimum Gasteiger partial charge on any atom is -0.346 e. The van der Waals surface area contributed by atoms with Gasteiger partial charge >= 0.3 is 0 Å². The third kappa shape index (κ3) is 3.81. The van der Waals surface area contributed by atoms with Crippen LogP contribution in [0.15, 0.2) is 48.8 Å². The summed E-state index contributed by atoms with van der Waals surface area (Å²) in [5.74, 6) is 0.522. The summed E-state index contributed by atoms with van der Waals surface area (Å²) in [5.41, 5.74) is 1.46. The van der Waals surface area contributed by atoms with E-state index in [9.17, 15) is 9.18 Å². The minimum atomic E-state index is -0.356. The summed E-state index contributed by atoms with van der Waals surface area (Å²) in [7, 11) is 0. The molecule has 0 saturated carbocycles. The molecule has 0 aliphatic carbocycles. The van der Waals surface area contributed by atoms with Crippen LogP contribution in [0.25, 0.3) is 11.4 Å². The van der Waals surface area contributed by atoms with Crippen LogP contribution in [0, 0.1) is 5.82 Å². The van der Waals surface area contributed by atoms with Crippen molar-refractivity contribution in [1.82, 2.24) is 25.5 Å². The first kappa shape index (κ1) is 15.8. The first-order chi connectivity index (χ1) is 11.6. The standard InChI is InChI=1S/C17H16FN5O/c1-11(20-15(24)10-12-3-2-4-14(18)9-12)16-21-17(23-22-16)13-5-7-19-8-6-13/h2-9,11H,10H2,1H3,(H,20,24)(H,21,22,23)/t11-/m0/s1. The molecule has 1 aromatic carbocycles. The highest BCUT2D eigenvalue weighted by Crippen LogP contribution is 2.15. The molecule has 2 heterocycles. The number of amides is 1. The lowest BCUT2D eigenvalue weighted by Crippen LogP contribution is -2.28. The Balaban J connectivity index is 1.63. The molecular weight excluding hydrogens is 309 g/mol. The van der Waals surface area contributed by atoms with E-state index < -0.39 is 0 Å². The fraction of sp³-hybridized carbons (Fsp3) is 0.176. The van der Waals surface area contributed by atoms with Gasteiger partial charge in [-0.15, -0.1) is 0 Å². The molecule has 2 aromatic heterocycles. The number of hydrogen-bond donors (Lipinski definition) is 2. The fourth-order valence-electron chi connectivity index (χ4n) is 2.29. The number of nitrogens with zero attached hydrogens (tertiary/aromatic N) is 3. The molecular formula is C17H16FN5O. The van der Waals surface area contributed by atoms with Crippen molar-refractivity contribution in [3.05, 3.63) is 66.0 Å². The van der Waals surface area contributed by atoms with Crippen LogP contribution < -0.4 is 5.32 Å². The predicted octanol–water partition coefficient (Wildman–Crippen LogP) is 2.43. The van der Waals surface area contributed by atoms with E-state index in [4.69, 9.17) is 0 Å². The first-order valence-electron chi connectivity index (χ1n) is 7.48. The van der Waals surface area contributed by atoms with E-state index in [1.54, 1.807) is 43.6 Å². The summed E-state index contributed by atoms with van der Waals surface area (Å²) < 4.78 is 13.1. The highest BCUT2D eigenvalue weighted by molar-refractivity contribution is 5.78. The molecule has 6 nitrogen and oxygen atoms in total. The van der Waals surface area contributed by atoms with Crippen molar-refractivity contribution in [3.8, 4) is 11.4 Å². The third-order valence-corrected chi connectivity index (χ3v) is 3.48. The highest BCUT2D eigenvalue weighted by Gasteiger charge is 2.15. The largest absolute Gasteiger partial charge is 0.346 e. The lowest BCUT2D eigenvalue weighted by Gasteiger charge is -2.11. The maximum absolute atomic E-state index is 13.1. The molecule has 24 heavy (non-hydrogen) atoms. The van der Waals surface area contributed by atoms with Gasteiger partial charge in [0.2, 0.25) is 5.91 Å². The van der Waals surface area contributed by atoms with E-state index in [0.717, 1.165) is 5.56 Å². The second-order valence-electron chi connectivity index (χ2n) is 5.38. The molecule has 0 radical (unpaired) electrons. The zero-order chi connectivity index (χ0) is 16.9. The summed E-state index contributed by atoms with van der Waals surface area (Å²) in [6.45, 7) is 1.81. The van der Waals surface area contributed by atoms with Crippen LogP contribution in [0.2, 0.25) is 0 Å². The highest BCUT2D eigenvalue weighted by atomic mass is 19.1. The second-order valence-corrected chi connectivity index (χ2v) is 5.38. The van der Waals surface area contributed by atoms with Gasteiger partial charge in [-0.05, 0) is 36.8 Å². The maximum atomic E-state index is 13.1. The number of aromatic amines is 1. The van der Waals surface area contributed by atoms with Crippen molar-refractivity contribution < 1.29 is 9.18 Å². The lowest BCUT2D eigenvalue weighted by atomic mass is 10.1. The van der Waals surface area contributed by atoms with Gasteiger partial charge in [0.25, 0.3) is 0 Å². The number of carbonyl (C=O) groups excluding carboxylic acids is 1. The first-order valence-corrected chi connectivity index (χ1v) is 7.48. The predicted molar refractivity (Wildman–Crippen MR) is 86.3 cm³/mol. The van der Waals surface area contributed by atoms with Gasteiger partial charge in [-0.25, -0.2) is 9.37 Å². The Hall–Kier alpha value is -3.09. The van der Waals surface area contributed by atoms with Crippen LogP contribution in [0.4, 0.5) is 4.39 Å². The lowest BCUT2D eigenvalue weighted by molar-refractivity contribution is -0.121. The van der Waals surface area contributed by atoms with Gasteiger partial charge in [-0.3, -0.25) is 14.9 Å². The maximum Gasteiger partial charge on any atom is 0.225 e. The van der Waals surface area contributed by atoms with Crippen LogP contribution >= 0.6 is 0 Å². The molecule has 7 heteroatoms. The van der Waals surface area contributed by atoms with Crippen molar-refractivity contribution in [3.63, 3.8) is 0 Å². The Morgan fingerprint density at radius 1 is 1.29 bits per heavy atom. The molecule has 122 valence electrons. The van der Waals surface area contributed by atoms with E-state index in [1.807, 2.05) is 0 Å². The topological polar surface area (TPSA) is 83.6 Å². The number of hydrogen-bond acceptors (Lipinski definition) is 4. The Bertz CT molecular complexity index is 834. The third-order valence-electron chi connectivity index (χ3n) is 3.48. The number of aromatic nitrogens is 4. The average molecular weight is 325 g/mol. The van der Waals surface area contributed by atoms with Gasteiger partial charge in [-0.2, -0.15) is 5.10 Å². The summed E-state index contributed by atoms with van der Waals surface area (Å²) in [6, 6.07) is 9.26. The van der Waals surface area contributed by atoms with Gasteiger partial charge in [0.15, 0.2) is 5.82 Å². The Labute approximate surface area is 138 Å². The van der Waals surface area contributed by atoms with Gasteiger partial charge in [0, 0.05) is 18.0 Å². The number of H-pyrrole nitrogens is 1. The monoisotopic (exact) mass is 325 g/mol. The van der Waals surface area contributed by atoms with Crippen molar-refractivity contribution in [2.24, 2.45) is 0 Å². The van der Waals surface area contributed by atoms with Crippen molar-refractivity contribution in [1.29, 1.82) is 0 Å². The van der Waals surface area contributed by atoms with E-state index >= 15 is 0 Å². The van der Waals surface area contributed by atoms with Crippen LogP contribution in [0.3, 0.4) is 0 Å². The molecule has 0 aliphatic rings. The molecule has 3 aromatic rings. The summed E-state index contributed by atoms with van der Waals surface area (Å²) in [4.78, 5) is 20.4. The van der Waals surface area contributed by atoms with Gasteiger partial charge in [-0.1, -0.05) is 12.1 Å². The van der Waals surface area contributed by atoms with Crippen LogP contribution in [-0.2, 0) is 11.2 Å². The molecule has 0 unspecified atom stereocenters. The second kappa shape index (κ2) is 6.99. The minimum absolute atomic E-state index is 0.105. The van der Waals surface area contributed by atoms with Crippen LogP contribution in [-0.4, -0.2) is 26.1 Å². The van der Waals surface area contributed by atoms with Crippen LogP contribution in [0.1, 0.15) is 24.4 Å².